The predicted octanol–water partition coefficient (Wildman–Crippen LogP) is 0.137. The van der Waals surface area contributed by atoms with E-state index in [1.807, 2.05) is 30.3 Å². The number of nitrogens with two attached hydrogens (primary N) is 1. The molecule has 0 radical (unpaired) electrons. The molecule has 2 N–H and O–H groups in total. The van der Waals surface area contributed by atoms with Gasteiger partial charge in [0.05, 0.1) is 18.1 Å². The van der Waals surface area contributed by atoms with Crippen molar-refractivity contribution in [3.63, 3.8) is 0 Å². The Morgan fingerprint density at radius 2 is 1.96 bits per heavy atom. The lowest BCUT2D eigenvalue weighted by Crippen LogP contribution is -2.43. The molecular weight excluding hydrogens is 310 g/mol. The maximum atomic E-state index is 12.3. The number of carbonyl (C=O) groups excluding carboxylic acids is 2. The van der Waals surface area contributed by atoms with Crippen LogP contribution in [0.1, 0.15) is 5.56 Å². The third-order valence-electron chi connectivity index (χ3n) is 3.83. The van der Waals surface area contributed by atoms with Crippen LogP contribution in [0, 0.1) is 11.8 Å². The number of ether oxygens (including phenoxy) is 2. The minimum absolute atomic E-state index is 0.0168. The lowest BCUT2D eigenvalue weighted by atomic mass is 9.86. The van der Waals surface area contributed by atoms with E-state index in [0.29, 0.717) is 0 Å². The predicted molar refractivity (Wildman–Crippen MR) is 86.3 cm³/mol. The van der Waals surface area contributed by atoms with Crippen molar-refractivity contribution in [2.24, 2.45) is 17.6 Å². The van der Waals surface area contributed by atoms with Crippen molar-refractivity contribution < 1.29 is 24.2 Å². The van der Waals surface area contributed by atoms with Crippen molar-refractivity contribution in [1.29, 1.82) is 0 Å². The Morgan fingerprint density at radius 1 is 1.25 bits per heavy atom. The highest BCUT2D eigenvalue weighted by molar-refractivity contribution is 5.82. The zero-order valence-electron chi connectivity index (χ0n) is 13.2. The van der Waals surface area contributed by atoms with Gasteiger partial charge in [-0.2, -0.15) is 0 Å². The summed E-state index contributed by atoms with van der Waals surface area (Å²) >= 11 is 0. The molecule has 0 saturated carbocycles. The Bertz CT molecular complexity index is 613. The number of rotatable bonds is 7. The highest BCUT2D eigenvalue weighted by atomic mass is 16.5. The van der Waals surface area contributed by atoms with Crippen molar-refractivity contribution in [3.05, 3.63) is 54.6 Å². The van der Waals surface area contributed by atoms with Crippen LogP contribution in [0.4, 0.5) is 0 Å². The van der Waals surface area contributed by atoms with Crippen LogP contribution in [-0.4, -0.2) is 37.3 Å². The summed E-state index contributed by atoms with van der Waals surface area (Å²) in [5.41, 5.74) is 6.23. The molecule has 1 aromatic rings. The second-order valence-electron chi connectivity index (χ2n) is 5.40. The molecule has 0 spiro atoms. The van der Waals surface area contributed by atoms with Crippen LogP contribution in [0.15, 0.2) is 49.1 Å². The van der Waals surface area contributed by atoms with Crippen LogP contribution in [0.5, 0.6) is 0 Å². The van der Waals surface area contributed by atoms with E-state index in [9.17, 15) is 14.7 Å². The van der Waals surface area contributed by atoms with Crippen molar-refractivity contribution in [1.82, 2.24) is 0 Å². The minimum Gasteiger partial charge on any atom is -0.550 e. The number of carbonyl (C=O) groups is 2. The van der Waals surface area contributed by atoms with Gasteiger partial charge in [-0.15, -0.1) is 6.58 Å². The lowest BCUT2D eigenvalue weighted by Gasteiger charge is -2.21. The molecule has 1 fully saturated rings. The summed E-state index contributed by atoms with van der Waals surface area (Å²) in [7, 11) is 0. The zero-order valence-corrected chi connectivity index (χ0v) is 13.2. The summed E-state index contributed by atoms with van der Waals surface area (Å²) in [4.78, 5) is 23.8. The minimum atomic E-state index is -1.37. The largest absolute Gasteiger partial charge is 0.550 e. The third kappa shape index (κ3) is 4.10. The fourth-order valence-corrected chi connectivity index (χ4v) is 2.71. The van der Waals surface area contributed by atoms with Crippen molar-refractivity contribution >= 4 is 18.0 Å². The van der Waals surface area contributed by atoms with E-state index in [1.54, 1.807) is 12.2 Å². The van der Waals surface area contributed by atoms with Crippen LogP contribution in [0.25, 0.3) is 6.08 Å². The number of esters is 1. The maximum absolute atomic E-state index is 12.3. The Hall–Kier alpha value is -2.44. The van der Waals surface area contributed by atoms with Crippen molar-refractivity contribution in [2.45, 2.75) is 12.2 Å². The lowest BCUT2D eigenvalue weighted by molar-refractivity contribution is -0.313. The average molecular weight is 330 g/mol. The average Bonchev–Trinajstić information content (AvgIpc) is 2.97. The molecule has 0 aromatic heterocycles. The van der Waals surface area contributed by atoms with Crippen molar-refractivity contribution in [3.8, 4) is 0 Å². The van der Waals surface area contributed by atoms with Gasteiger partial charge in [-0.05, 0) is 5.56 Å². The van der Waals surface area contributed by atoms with Gasteiger partial charge >= 0.3 is 5.97 Å². The molecule has 1 saturated heterocycles. The standard InChI is InChI=1S/C18H21NO5/c1-2-13-15(17(20)21)16(18(22)23-11-10-19)14(24-13)9-8-12-6-4-3-5-7-12/h2-9,13-16H,1,10-11,19H2,(H,20,21)/p-1/t13-,14+,15-,16+/m0/s1. The molecule has 6 heteroatoms. The molecule has 128 valence electrons. The van der Waals surface area contributed by atoms with E-state index < -0.39 is 36.0 Å². The summed E-state index contributed by atoms with van der Waals surface area (Å²) in [6, 6.07) is 9.40. The summed E-state index contributed by atoms with van der Waals surface area (Å²) in [5, 5.41) is 11.5. The van der Waals surface area contributed by atoms with E-state index in [2.05, 4.69) is 6.58 Å². The monoisotopic (exact) mass is 330 g/mol. The Morgan fingerprint density at radius 3 is 2.54 bits per heavy atom. The van der Waals surface area contributed by atoms with Gasteiger partial charge in [-0.1, -0.05) is 48.6 Å². The third-order valence-corrected chi connectivity index (χ3v) is 3.83. The number of carboxylic acid groups (broad SMARTS) is 1. The van der Waals surface area contributed by atoms with Gasteiger partial charge in [0, 0.05) is 18.4 Å². The Kier molecular flexibility index (Phi) is 6.28. The number of benzene rings is 1. The van der Waals surface area contributed by atoms with Gasteiger partial charge in [0.25, 0.3) is 0 Å². The number of hydrogen-bond acceptors (Lipinski definition) is 6. The number of carboxylic acids is 1. The fraction of sp³-hybridized carbons (Fsp3) is 0.333. The van der Waals surface area contributed by atoms with E-state index in [0.717, 1.165) is 5.56 Å². The first-order valence-electron chi connectivity index (χ1n) is 7.67. The van der Waals surface area contributed by atoms with Crippen molar-refractivity contribution in [2.75, 3.05) is 13.2 Å². The summed E-state index contributed by atoms with van der Waals surface area (Å²) in [6.07, 6.45) is 3.21. The first-order chi connectivity index (χ1) is 11.6. The molecule has 1 heterocycles. The van der Waals surface area contributed by atoms with Gasteiger partial charge in [-0.25, -0.2) is 0 Å². The van der Waals surface area contributed by atoms with Gasteiger partial charge in [0.2, 0.25) is 0 Å². The van der Waals surface area contributed by atoms with Crippen LogP contribution < -0.4 is 10.8 Å². The highest BCUT2D eigenvalue weighted by Gasteiger charge is 2.47. The molecule has 4 atom stereocenters. The summed E-state index contributed by atoms with van der Waals surface area (Å²) in [5.74, 6) is -4.20. The summed E-state index contributed by atoms with van der Waals surface area (Å²) < 4.78 is 10.7. The molecule has 0 amide bonds. The topological polar surface area (TPSA) is 102 Å². The van der Waals surface area contributed by atoms with Crippen LogP contribution >= 0.6 is 0 Å². The van der Waals surface area contributed by atoms with Gasteiger partial charge in [0.1, 0.15) is 6.61 Å². The van der Waals surface area contributed by atoms with Crippen LogP contribution in [-0.2, 0) is 19.1 Å². The smallest absolute Gasteiger partial charge is 0.312 e. The fourth-order valence-electron chi connectivity index (χ4n) is 2.71. The maximum Gasteiger partial charge on any atom is 0.312 e. The molecule has 24 heavy (non-hydrogen) atoms. The van der Waals surface area contributed by atoms with Gasteiger partial charge in [0.15, 0.2) is 0 Å². The molecule has 1 aromatic carbocycles. The number of aliphatic carboxylic acids is 1. The van der Waals surface area contributed by atoms with E-state index >= 15 is 0 Å². The van der Waals surface area contributed by atoms with Crippen LogP contribution in [0.3, 0.4) is 0 Å². The van der Waals surface area contributed by atoms with Gasteiger partial charge < -0.3 is 25.1 Å². The highest BCUT2D eigenvalue weighted by Crippen LogP contribution is 2.35. The second kappa shape index (κ2) is 8.42. The first-order valence-corrected chi connectivity index (χ1v) is 7.67. The molecular formula is C18H20NO5-. The normalized spacial score (nSPS) is 26.4. The quantitative estimate of drug-likeness (QED) is 0.563. The van der Waals surface area contributed by atoms with E-state index in [-0.39, 0.29) is 13.2 Å². The van der Waals surface area contributed by atoms with E-state index in [1.165, 1.54) is 6.08 Å². The van der Waals surface area contributed by atoms with Crippen LogP contribution in [0.2, 0.25) is 0 Å². The number of hydrogen-bond donors (Lipinski definition) is 1. The molecule has 0 bridgehead atoms. The summed E-state index contributed by atoms with van der Waals surface area (Å²) in [6.45, 7) is 3.75. The molecule has 2 rings (SSSR count). The molecule has 0 unspecified atom stereocenters. The van der Waals surface area contributed by atoms with Gasteiger partial charge in [-0.3, -0.25) is 4.79 Å². The Balaban J connectivity index is 2.25. The van der Waals surface area contributed by atoms with E-state index in [4.69, 9.17) is 15.2 Å². The molecule has 1 aliphatic heterocycles. The SMILES string of the molecule is C=C[C@@H]1O[C@H](C=Cc2ccccc2)[C@@H](C(=O)OCCN)[C@H]1C(=O)[O-]. The zero-order chi connectivity index (χ0) is 17.5. The second-order valence-corrected chi connectivity index (χ2v) is 5.40. The first kappa shape index (κ1) is 17.9. The Labute approximate surface area is 140 Å². The molecule has 0 aliphatic carbocycles. The molecule has 6 nitrogen and oxygen atoms in total. The molecule has 1 aliphatic rings.